The summed E-state index contributed by atoms with van der Waals surface area (Å²) in [7, 11) is 0. The lowest BCUT2D eigenvalue weighted by Gasteiger charge is -2.22. The van der Waals surface area contributed by atoms with Gasteiger partial charge in [-0.05, 0) is 42.5 Å². The summed E-state index contributed by atoms with van der Waals surface area (Å²) < 4.78 is 5.36. The second kappa shape index (κ2) is 5.05. The van der Waals surface area contributed by atoms with Crippen LogP contribution in [0.5, 0.6) is 0 Å². The van der Waals surface area contributed by atoms with E-state index < -0.39 is 0 Å². The van der Waals surface area contributed by atoms with E-state index in [4.69, 9.17) is 10.3 Å². The van der Waals surface area contributed by atoms with Crippen LogP contribution >= 0.6 is 11.3 Å². The van der Waals surface area contributed by atoms with Gasteiger partial charge in [-0.2, -0.15) is 4.98 Å². The van der Waals surface area contributed by atoms with Gasteiger partial charge >= 0.3 is 0 Å². The average Bonchev–Trinajstić information content (AvgIpc) is 3.18. The van der Waals surface area contributed by atoms with Gasteiger partial charge < -0.3 is 10.3 Å². The zero-order valence-corrected chi connectivity index (χ0v) is 12.1. The molecule has 1 aliphatic rings. The number of rotatable bonds is 2. The molecule has 1 aromatic carbocycles. The minimum absolute atomic E-state index is 0.149. The van der Waals surface area contributed by atoms with Crippen molar-refractivity contribution in [3.63, 3.8) is 0 Å². The Hall–Kier alpha value is -2.05. The molecule has 0 saturated carbocycles. The molecule has 2 N–H and O–H groups in total. The maximum atomic E-state index is 6.14. The standard InChI is InChI=1S/C15H14N4OS/c16-12-3-1-2-9-6-10(4-5-11(9)12)15-18-14(19-20-15)13-7-21-8-17-13/h4-8,12H,1-3,16H2. The molecule has 0 fully saturated rings. The van der Waals surface area contributed by atoms with E-state index in [2.05, 4.69) is 27.3 Å². The van der Waals surface area contributed by atoms with Crippen LogP contribution < -0.4 is 5.73 Å². The first-order valence-electron chi connectivity index (χ1n) is 6.92. The first-order valence-corrected chi connectivity index (χ1v) is 7.86. The van der Waals surface area contributed by atoms with Gasteiger partial charge in [0.25, 0.3) is 5.89 Å². The molecule has 106 valence electrons. The van der Waals surface area contributed by atoms with E-state index in [1.54, 1.807) is 5.51 Å². The van der Waals surface area contributed by atoms with E-state index in [9.17, 15) is 0 Å². The van der Waals surface area contributed by atoms with Crippen molar-refractivity contribution in [2.75, 3.05) is 0 Å². The molecule has 1 aliphatic carbocycles. The molecule has 0 radical (unpaired) electrons. The molecule has 2 aromatic heterocycles. The van der Waals surface area contributed by atoms with Crippen molar-refractivity contribution < 1.29 is 4.52 Å². The summed E-state index contributed by atoms with van der Waals surface area (Å²) in [5.74, 6) is 1.06. The van der Waals surface area contributed by atoms with Gasteiger partial charge in [0.15, 0.2) is 0 Å². The Labute approximate surface area is 125 Å². The van der Waals surface area contributed by atoms with E-state index in [1.807, 2.05) is 11.4 Å². The maximum absolute atomic E-state index is 6.14. The summed E-state index contributed by atoms with van der Waals surface area (Å²) in [5.41, 5.74) is 12.1. The number of thiazole rings is 1. The van der Waals surface area contributed by atoms with Crippen molar-refractivity contribution in [2.45, 2.75) is 25.3 Å². The molecule has 3 aromatic rings. The number of nitrogens with zero attached hydrogens (tertiary/aromatic N) is 3. The Morgan fingerprint density at radius 3 is 3.14 bits per heavy atom. The molecular formula is C15H14N4OS. The molecule has 0 amide bonds. The van der Waals surface area contributed by atoms with Crippen molar-refractivity contribution in [1.29, 1.82) is 0 Å². The molecule has 0 bridgehead atoms. The lowest BCUT2D eigenvalue weighted by atomic mass is 9.87. The van der Waals surface area contributed by atoms with Gasteiger partial charge in [0, 0.05) is 17.0 Å². The second-order valence-corrected chi connectivity index (χ2v) is 5.93. The SMILES string of the molecule is NC1CCCc2cc(-c3nc(-c4cscn4)no3)ccc21. The molecule has 0 spiro atoms. The number of hydrogen-bond acceptors (Lipinski definition) is 6. The average molecular weight is 298 g/mol. The highest BCUT2D eigenvalue weighted by Crippen LogP contribution is 2.31. The highest BCUT2D eigenvalue weighted by molar-refractivity contribution is 7.07. The summed E-state index contributed by atoms with van der Waals surface area (Å²) >= 11 is 1.51. The van der Waals surface area contributed by atoms with E-state index in [1.165, 1.54) is 22.5 Å². The van der Waals surface area contributed by atoms with Crippen LogP contribution in [0.3, 0.4) is 0 Å². The summed E-state index contributed by atoms with van der Waals surface area (Å²) in [5, 5.41) is 5.90. The predicted octanol–water partition coefficient (Wildman–Crippen LogP) is 3.20. The Bertz CT molecular complexity index is 766. The van der Waals surface area contributed by atoms with Crippen LogP contribution in [0.1, 0.15) is 30.0 Å². The van der Waals surface area contributed by atoms with Crippen LogP contribution in [0.25, 0.3) is 23.0 Å². The van der Waals surface area contributed by atoms with Crippen LogP contribution in [-0.2, 0) is 6.42 Å². The highest BCUT2D eigenvalue weighted by Gasteiger charge is 2.19. The molecule has 21 heavy (non-hydrogen) atoms. The van der Waals surface area contributed by atoms with E-state index in [0.29, 0.717) is 11.7 Å². The third-order valence-electron chi connectivity index (χ3n) is 3.84. The topological polar surface area (TPSA) is 77.8 Å². The van der Waals surface area contributed by atoms with Gasteiger partial charge in [-0.1, -0.05) is 11.2 Å². The number of aryl methyl sites for hydroxylation is 1. The number of benzene rings is 1. The smallest absolute Gasteiger partial charge is 0.258 e. The van der Waals surface area contributed by atoms with Crippen molar-refractivity contribution in [1.82, 2.24) is 15.1 Å². The number of aromatic nitrogens is 3. The molecule has 4 rings (SSSR count). The summed E-state index contributed by atoms with van der Waals surface area (Å²) in [6.45, 7) is 0. The Morgan fingerprint density at radius 1 is 1.33 bits per heavy atom. The molecule has 0 aliphatic heterocycles. The van der Waals surface area contributed by atoms with E-state index in [0.717, 1.165) is 30.5 Å². The summed E-state index contributed by atoms with van der Waals surface area (Å²) in [6.07, 6.45) is 3.25. The Balaban J connectivity index is 1.71. The zero-order chi connectivity index (χ0) is 14.2. The predicted molar refractivity (Wildman–Crippen MR) is 80.7 cm³/mol. The fourth-order valence-electron chi connectivity index (χ4n) is 2.75. The van der Waals surface area contributed by atoms with Gasteiger partial charge in [-0.3, -0.25) is 0 Å². The number of fused-ring (bicyclic) bond motifs is 1. The van der Waals surface area contributed by atoms with Crippen LogP contribution in [0.4, 0.5) is 0 Å². The first kappa shape index (κ1) is 12.7. The second-order valence-electron chi connectivity index (χ2n) is 5.21. The fraction of sp³-hybridized carbons (Fsp3) is 0.267. The minimum Gasteiger partial charge on any atom is -0.334 e. The highest BCUT2D eigenvalue weighted by atomic mass is 32.1. The Kier molecular flexibility index (Phi) is 3.05. The molecule has 6 heteroatoms. The normalized spacial score (nSPS) is 17.7. The Morgan fingerprint density at radius 2 is 2.29 bits per heavy atom. The van der Waals surface area contributed by atoms with Gasteiger partial charge in [0.2, 0.25) is 5.82 Å². The third kappa shape index (κ3) is 2.26. The molecule has 5 nitrogen and oxygen atoms in total. The maximum Gasteiger partial charge on any atom is 0.258 e. The fourth-order valence-corrected chi connectivity index (χ4v) is 3.28. The lowest BCUT2D eigenvalue weighted by molar-refractivity contribution is 0.432. The van der Waals surface area contributed by atoms with Crippen molar-refractivity contribution >= 4 is 11.3 Å². The van der Waals surface area contributed by atoms with Crippen molar-refractivity contribution in [3.8, 4) is 23.0 Å². The summed E-state index contributed by atoms with van der Waals surface area (Å²) in [4.78, 5) is 8.62. The third-order valence-corrected chi connectivity index (χ3v) is 4.42. The monoisotopic (exact) mass is 298 g/mol. The first-order chi connectivity index (χ1) is 10.3. The van der Waals surface area contributed by atoms with Crippen LogP contribution in [0.15, 0.2) is 33.6 Å². The molecular weight excluding hydrogens is 284 g/mol. The molecule has 0 saturated heterocycles. The molecule has 2 heterocycles. The minimum atomic E-state index is 0.149. The van der Waals surface area contributed by atoms with Gasteiger partial charge in [0.1, 0.15) is 5.69 Å². The molecule has 1 unspecified atom stereocenters. The van der Waals surface area contributed by atoms with Crippen LogP contribution in [0.2, 0.25) is 0 Å². The van der Waals surface area contributed by atoms with Crippen molar-refractivity contribution in [3.05, 3.63) is 40.2 Å². The largest absolute Gasteiger partial charge is 0.334 e. The van der Waals surface area contributed by atoms with Gasteiger partial charge in [0.05, 0.1) is 5.51 Å². The van der Waals surface area contributed by atoms with Crippen LogP contribution in [-0.4, -0.2) is 15.1 Å². The zero-order valence-electron chi connectivity index (χ0n) is 11.3. The quantitative estimate of drug-likeness (QED) is 0.786. The van der Waals surface area contributed by atoms with Crippen molar-refractivity contribution in [2.24, 2.45) is 5.73 Å². The summed E-state index contributed by atoms with van der Waals surface area (Å²) in [6, 6.07) is 6.35. The van der Waals surface area contributed by atoms with Crippen LogP contribution in [0, 0.1) is 0 Å². The van der Waals surface area contributed by atoms with E-state index in [-0.39, 0.29) is 6.04 Å². The lowest BCUT2D eigenvalue weighted by Crippen LogP contribution is -2.17. The van der Waals surface area contributed by atoms with Gasteiger partial charge in [-0.25, -0.2) is 4.98 Å². The van der Waals surface area contributed by atoms with E-state index >= 15 is 0 Å². The number of nitrogens with two attached hydrogens (primary N) is 1. The van der Waals surface area contributed by atoms with Gasteiger partial charge in [-0.15, -0.1) is 11.3 Å². The molecule has 1 atom stereocenters. The number of hydrogen-bond donors (Lipinski definition) is 1.